The Bertz CT molecular complexity index is 962. The van der Waals surface area contributed by atoms with Gasteiger partial charge < -0.3 is 15.1 Å². The molecule has 1 aromatic heterocycles. The van der Waals surface area contributed by atoms with Gasteiger partial charge in [0.15, 0.2) is 0 Å². The predicted molar refractivity (Wildman–Crippen MR) is 122 cm³/mol. The van der Waals surface area contributed by atoms with Crippen LogP contribution in [0.4, 0.5) is 4.39 Å². The minimum absolute atomic E-state index is 0.0544. The van der Waals surface area contributed by atoms with E-state index < -0.39 is 0 Å². The van der Waals surface area contributed by atoms with Crippen molar-refractivity contribution in [1.82, 2.24) is 20.1 Å². The van der Waals surface area contributed by atoms with Crippen LogP contribution in [0.3, 0.4) is 0 Å². The van der Waals surface area contributed by atoms with Gasteiger partial charge in [-0.15, -0.1) is 0 Å². The van der Waals surface area contributed by atoms with Gasteiger partial charge in [0.1, 0.15) is 5.82 Å². The Morgan fingerprint density at radius 1 is 1.09 bits per heavy atom. The molecule has 170 valence electrons. The third-order valence-corrected chi connectivity index (χ3v) is 6.88. The summed E-state index contributed by atoms with van der Waals surface area (Å²) in [6.07, 6.45) is 4.66. The van der Waals surface area contributed by atoms with E-state index in [9.17, 15) is 14.0 Å². The van der Waals surface area contributed by atoms with E-state index in [1.165, 1.54) is 18.3 Å². The molecule has 7 heteroatoms. The average Bonchev–Trinajstić information content (AvgIpc) is 2.81. The number of amides is 2. The van der Waals surface area contributed by atoms with Crippen molar-refractivity contribution in [2.45, 2.75) is 38.6 Å². The molecule has 1 aliphatic heterocycles. The van der Waals surface area contributed by atoms with Crippen molar-refractivity contribution in [2.75, 3.05) is 33.2 Å². The Balaban J connectivity index is 1.31. The molecule has 0 unspecified atom stereocenters. The summed E-state index contributed by atoms with van der Waals surface area (Å²) in [5, 5.41) is 3.10. The van der Waals surface area contributed by atoms with Gasteiger partial charge in [0.05, 0.1) is 11.3 Å². The van der Waals surface area contributed by atoms with Crippen LogP contribution in [-0.4, -0.2) is 65.9 Å². The summed E-state index contributed by atoms with van der Waals surface area (Å²) in [4.78, 5) is 34.4. The fraction of sp³-hybridized carbons (Fsp3) is 0.480. The van der Waals surface area contributed by atoms with Gasteiger partial charge in [-0.05, 0) is 57.0 Å². The van der Waals surface area contributed by atoms with Crippen molar-refractivity contribution < 1.29 is 14.0 Å². The lowest BCUT2D eigenvalue weighted by Gasteiger charge is -2.42. The predicted octanol–water partition coefficient (Wildman–Crippen LogP) is 3.34. The van der Waals surface area contributed by atoms with Gasteiger partial charge in [0.25, 0.3) is 5.91 Å². The van der Waals surface area contributed by atoms with Crippen LogP contribution in [0.5, 0.6) is 0 Å². The highest BCUT2D eigenvalue weighted by molar-refractivity contribution is 5.94. The molecule has 0 radical (unpaired) electrons. The SMILES string of the molecule is CN1CCN(C(=O)C2(C)CCC(NC(=O)c3ccc(-c4cccc(F)c4)nc3)CC2)CC1. The molecule has 32 heavy (non-hydrogen) atoms. The first-order valence-corrected chi connectivity index (χ1v) is 11.3. The molecule has 1 saturated carbocycles. The number of piperazine rings is 1. The number of aromatic nitrogens is 1. The summed E-state index contributed by atoms with van der Waals surface area (Å²) in [6.45, 7) is 5.51. The molecule has 1 aliphatic carbocycles. The van der Waals surface area contributed by atoms with E-state index in [1.807, 2.05) is 4.90 Å². The number of pyridine rings is 1. The van der Waals surface area contributed by atoms with Crippen LogP contribution < -0.4 is 5.32 Å². The molecule has 2 aromatic rings. The van der Waals surface area contributed by atoms with E-state index in [0.717, 1.165) is 51.9 Å². The van der Waals surface area contributed by atoms with Crippen molar-refractivity contribution in [3.05, 3.63) is 54.0 Å². The van der Waals surface area contributed by atoms with E-state index in [2.05, 4.69) is 29.2 Å². The van der Waals surface area contributed by atoms with Gasteiger partial charge in [0.2, 0.25) is 5.91 Å². The summed E-state index contributed by atoms with van der Waals surface area (Å²) in [6, 6.07) is 9.73. The zero-order chi connectivity index (χ0) is 22.7. The van der Waals surface area contributed by atoms with Crippen LogP contribution in [0.15, 0.2) is 42.6 Å². The zero-order valence-corrected chi connectivity index (χ0v) is 18.8. The number of nitrogens with zero attached hydrogens (tertiary/aromatic N) is 3. The lowest BCUT2D eigenvalue weighted by Crippen LogP contribution is -2.53. The van der Waals surface area contributed by atoms with Crippen LogP contribution in [-0.2, 0) is 4.79 Å². The number of rotatable bonds is 4. The molecule has 0 spiro atoms. The maximum Gasteiger partial charge on any atom is 0.253 e. The van der Waals surface area contributed by atoms with E-state index in [0.29, 0.717) is 16.8 Å². The highest BCUT2D eigenvalue weighted by Crippen LogP contribution is 2.38. The van der Waals surface area contributed by atoms with Crippen LogP contribution in [0.25, 0.3) is 11.3 Å². The third kappa shape index (κ3) is 4.99. The molecule has 4 rings (SSSR count). The number of carbonyl (C=O) groups is 2. The van der Waals surface area contributed by atoms with Crippen molar-refractivity contribution in [3.8, 4) is 11.3 Å². The van der Waals surface area contributed by atoms with Crippen LogP contribution in [0.1, 0.15) is 43.0 Å². The molecular weight excluding hydrogens is 407 g/mol. The summed E-state index contributed by atoms with van der Waals surface area (Å²) in [7, 11) is 2.09. The van der Waals surface area contributed by atoms with Crippen LogP contribution in [0, 0.1) is 11.2 Å². The molecule has 0 atom stereocenters. The standard InChI is InChI=1S/C25H31FN4O2/c1-25(24(32)30-14-12-29(2)13-15-30)10-8-21(9-11-25)28-23(31)19-6-7-22(27-17-19)18-4-3-5-20(26)16-18/h3-7,16-17,21H,8-15H2,1-2H3,(H,28,31). The Hall–Kier alpha value is -2.80. The van der Waals surface area contributed by atoms with Gasteiger partial charge in [0, 0.05) is 49.4 Å². The molecule has 1 N–H and O–H groups in total. The van der Waals surface area contributed by atoms with Gasteiger partial charge >= 0.3 is 0 Å². The molecule has 2 heterocycles. The highest BCUT2D eigenvalue weighted by Gasteiger charge is 2.40. The smallest absolute Gasteiger partial charge is 0.253 e. The molecule has 2 aliphatic rings. The minimum atomic E-state index is -0.342. The fourth-order valence-corrected chi connectivity index (χ4v) is 4.62. The summed E-state index contributed by atoms with van der Waals surface area (Å²) in [5.74, 6) is -0.226. The maximum absolute atomic E-state index is 13.4. The van der Waals surface area contributed by atoms with Gasteiger partial charge in [-0.3, -0.25) is 14.6 Å². The van der Waals surface area contributed by atoms with Crippen molar-refractivity contribution in [3.63, 3.8) is 0 Å². The molecule has 2 fully saturated rings. The number of halogens is 1. The fourth-order valence-electron chi connectivity index (χ4n) is 4.62. The average molecular weight is 439 g/mol. The number of hydrogen-bond donors (Lipinski definition) is 1. The number of carbonyl (C=O) groups excluding carboxylic acids is 2. The highest BCUT2D eigenvalue weighted by atomic mass is 19.1. The lowest BCUT2D eigenvalue weighted by atomic mass is 9.73. The van der Waals surface area contributed by atoms with Gasteiger partial charge in [-0.25, -0.2) is 4.39 Å². The van der Waals surface area contributed by atoms with Crippen molar-refractivity contribution in [1.29, 1.82) is 0 Å². The quantitative estimate of drug-likeness (QED) is 0.795. The number of benzene rings is 1. The first kappa shape index (κ1) is 22.4. The van der Waals surface area contributed by atoms with Crippen LogP contribution >= 0.6 is 0 Å². The topological polar surface area (TPSA) is 65.5 Å². The minimum Gasteiger partial charge on any atom is -0.349 e. The Kier molecular flexibility index (Phi) is 6.55. The van der Waals surface area contributed by atoms with Crippen molar-refractivity contribution in [2.24, 2.45) is 5.41 Å². The van der Waals surface area contributed by atoms with Gasteiger partial charge in [-0.1, -0.05) is 19.1 Å². The first-order valence-electron chi connectivity index (χ1n) is 11.3. The molecule has 6 nitrogen and oxygen atoms in total. The molecule has 0 bridgehead atoms. The molecule has 1 saturated heterocycles. The number of nitrogens with one attached hydrogen (secondary N) is 1. The third-order valence-electron chi connectivity index (χ3n) is 6.88. The van der Waals surface area contributed by atoms with E-state index in [-0.39, 0.29) is 29.1 Å². The summed E-state index contributed by atoms with van der Waals surface area (Å²) >= 11 is 0. The Morgan fingerprint density at radius 3 is 2.44 bits per heavy atom. The van der Waals surface area contributed by atoms with Gasteiger partial charge in [-0.2, -0.15) is 0 Å². The Morgan fingerprint density at radius 2 is 1.81 bits per heavy atom. The second-order valence-corrected chi connectivity index (χ2v) is 9.35. The molecular formula is C25H31FN4O2. The van der Waals surface area contributed by atoms with E-state index in [4.69, 9.17) is 0 Å². The lowest BCUT2D eigenvalue weighted by molar-refractivity contribution is -0.145. The summed E-state index contributed by atoms with van der Waals surface area (Å²) in [5.41, 5.74) is 1.43. The normalized spacial score (nSPS) is 24.2. The second-order valence-electron chi connectivity index (χ2n) is 9.35. The van der Waals surface area contributed by atoms with E-state index in [1.54, 1.807) is 24.3 Å². The van der Waals surface area contributed by atoms with Crippen molar-refractivity contribution >= 4 is 11.8 Å². The van der Waals surface area contributed by atoms with E-state index >= 15 is 0 Å². The first-order chi connectivity index (χ1) is 15.3. The van der Waals surface area contributed by atoms with Crippen LogP contribution in [0.2, 0.25) is 0 Å². The number of likely N-dealkylation sites (N-methyl/N-ethyl adjacent to an activating group) is 1. The molecule has 2 amide bonds. The zero-order valence-electron chi connectivity index (χ0n) is 18.8. The largest absolute Gasteiger partial charge is 0.349 e. The monoisotopic (exact) mass is 438 g/mol. The second kappa shape index (κ2) is 9.36. The maximum atomic E-state index is 13.4. The molecule has 1 aromatic carbocycles. The summed E-state index contributed by atoms with van der Waals surface area (Å²) < 4.78 is 13.4. The Labute approximate surface area is 188 Å². The number of hydrogen-bond acceptors (Lipinski definition) is 4.